The summed E-state index contributed by atoms with van der Waals surface area (Å²) in [5.41, 5.74) is 9.58. The zero-order chi connectivity index (χ0) is 43.0. The first kappa shape index (κ1) is 50.3. The lowest BCUT2D eigenvalue weighted by Crippen LogP contribution is -2.36. The Morgan fingerprint density at radius 2 is 1.28 bits per heavy atom. The number of carbonyl (C=O) groups is 1. The Morgan fingerprint density at radius 3 is 1.78 bits per heavy atom. The zero-order valence-electron chi connectivity index (χ0n) is 33.0. The molecule has 0 aliphatic carbocycles. The molecule has 0 bridgehead atoms. The normalized spacial score (nSPS) is 12.8. The molecule has 0 aliphatic rings. The Morgan fingerprint density at radius 1 is 0.741 bits per heavy atom. The number of alkyl halides is 5. The Hall–Kier alpha value is -3.82. The average Bonchev–Trinajstić information content (AvgIpc) is 3.16. The molecule has 1 unspecified atom stereocenters. The molecule has 3 aromatic carbocycles. The van der Waals surface area contributed by atoms with E-state index in [0.29, 0.717) is 31.9 Å². The molecule has 10 nitrogen and oxygen atoms in total. The largest absolute Gasteiger partial charge is 0.524 e. The quantitative estimate of drug-likeness (QED) is 0.0282. The van der Waals surface area contributed by atoms with Crippen LogP contribution >= 0.6 is 7.82 Å². The van der Waals surface area contributed by atoms with Gasteiger partial charge >= 0.3 is 26.0 Å². The minimum absolute atomic E-state index is 0.0794. The predicted octanol–water partition coefficient (Wildman–Crippen LogP) is 10.1. The van der Waals surface area contributed by atoms with Crippen LogP contribution in [-0.4, -0.2) is 70.0 Å². The van der Waals surface area contributed by atoms with E-state index in [2.05, 4.69) is 34.8 Å². The van der Waals surface area contributed by atoms with Gasteiger partial charge in [0, 0.05) is 35.3 Å². The van der Waals surface area contributed by atoms with Gasteiger partial charge in [0.25, 0.3) is 0 Å². The smallest absolute Gasteiger partial charge is 0.492 e. The summed E-state index contributed by atoms with van der Waals surface area (Å²) < 4.78 is 101. The molecule has 0 heterocycles. The van der Waals surface area contributed by atoms with Crippen LogP contribution < -0.4 is 20.3 Å². The number of primary amides is 1. The summed E-state index contributed by atoms with van der Waals surface area (Å²) in [6.45, 7) is 6.19. The topological polar surface area (TPSA) is 157 Å². The van der Waals surface area contributed by atoms with Crippen LogP contribution in [0.2, 0.25) is 0 Å². The van der Waals surface area contributed by atoms with Gasteiger partial charge in [-0.3, -0.25) is 14.0 Å². The maximum Gasteiger partial charge on any atom is 0.524 e. The predicted molar refractivity (Wildman–Crippen MR) is 218 cm³/mol. The Labute approximate surface area is 340 Å². The van der Waals surface area contributed by atoms with E-state index in [9.17, 15) is 45.3 Å². The Bertz CT molecular complexity index is 1720. The number of unbranched alkanes of at least 4 members (excludes halogenated alkanes) is 6. The van der Waals surface area contributed by atoms with Crippen LogP contribution in [0.15, 0.2) is 78.9 Å². The molecule has 0 spiro atoms. The highest BCUT2D eigenvalue weighted by molar-refractivity contribution is 7.84. The first-order valence-corrected chi connectivity index (χ1v) is 22.3. The molecule has 17 heteroatoms. The second-order valence-electron chi connectivity index (χ2n) is 13.2. The summed E-state index contributed by atoms with van der Waals surface area (Å²) in [4.78, 5) is 27.9. The van der Waals surface area contributed by atoms with E-state index in [0.717, 1.165) is 85.1 Å². The van der Waals surface area contributed by atoms with E-state index in [1.54, 1.807) is 31.2 Å². The highest BCUT2D eigenvalue weighted by atomic mass is 32.2. The second kappa shape index (κ2) is 26.3. The number of hydrogen-bond donors (Lipinski definition) is 4. The Balaban J connectivity index is 0.00000179. The lowest BCUT2D eigenvalue weighted by atomic mass is 9.88. The van der Waals surface area contributed by atoms with Crippen molar-refractivity contribution in [3.8, 4) is 11.5 Å². The van der Waals surface area contributed by atoms with Crippen molar-refractivity contribution in [1.82, 2.24) is 5.32 Å². The number of phosphoric acid groups is 1. The molecule has 5 N–H and O–H groups in total. The summed E-state index contributed by atoms with van der Waals surface area (Å²) in [5.74, 6) is -3.71. The number of ether oxygens (including phenoxy) is 2. The van der Waals surface area contributed by atoms with Crippen molar-refractivity contribution in [2.24, 2.45) is 5.73 Å². The molecule has 0 saturated carbocycles. The van der Waals surface area contributed by atoms with Crippen molar-refractivity contribution >= 4 is 35.9 Å². The maximum atomic E-state index is 12.9. The fourth-order valence-corrected chi connectivity index (χ4v) is 7.41. The van der Waals surface area contributed by atoms with Gasteiger partial charge < -0.3 is 25.0 Å². The summed E-state index contributed by atoms with van der Waals surface area (Å²) in [7, 11) is -6.04. The number of benzene rings is 3. The van der Waals surface area contributed by atoms with Crippen LogP contribution in [0.3, 0.4) is 0 Å². The molecular weight excluding hydrogens is 806 g/mol. The average molecular weight is 863 g/mol. The zero-order valence-corrected chi connectivity index (χ0v) is 34.7. The lowest BCUT2D eigenvalue weighted by Gasteiger charge is -2.19. The number of amides is 1. The van der Waals surface area contributed by atoms with Crippen molar-refractivity contribution in [3.05, 3.63) is 95.6 Å². The molecule has 324 valence electrons. The van der Waals surface area contributed by atoms with Gasteiger partial charge in [-0.2, -0.15) is 22.0 Å². The molecule has 0 aromatic heterocycles. The third-order valence-corrected chi connectivity index (χ3v) is 10.6. The first-order valence-electron chi connectivity index (χ1n) is 19.3. The van der Waals surface area contributed by atoms with Crippen molar-refractivity contribution < 1.29 is 59.3 Å². The number of nitrogens with two attached hydrogens (primary N) is 1. The summed E-state index contributed by atoms with van der Waals surface area (Å²) >= 11 is 0. The van der Waals surface area contributed by atoms with E-state index < -0.39 is 49.7 Å². The van der Waals surface area contributed by atoms with Gasteiger partial charge in [-0.15, -0.1) is 0 Å². The van der Waals surface area contributed by atoms with Gasteiger partial charge in [-0.1, -0.05) is 93.6 Å². The van der Waals surface area contributed by atoms with Crippen LogP contribution in [0, 0.1) is 0 Å². The fraction of sp³-hybridized carbons (Fsp3) is 0.488. The van der Waals surface area contributed by atoms with E-state index in [1.807, 2.05) is 42.5 Å². The maximum absolute atomic E-state index is 12.9. The van der Waals surface area contributed by atoms with Crippen LogP contribution in [0.25, 0.3) is 11.1 Å². The molecule has 0 aliphatic heterocycles. The highest BCUT2D eigenvalue weighted by Gasteiger charge is 2.56. The molecule has 1 atom stereocenters. The number of carbonyl (C=O) groups excluding carboxylic acids is 1. The summed E-state index contributed by atoms with van der Waals surface area (Å²) in [6, 6.07) is 24.6. The van der Waals surface area contributed by atoms with Gasteiger partial charge in [0.15, 0.2) is 0 Å². The second-order valence-corrected chi connectivity index (χ2v) is 16.0. The third kappa shape index (κ3) is 20.2. The molecule has 3 aromatic rings. The van der Waals surface area contributed by atoms with E-state index >= 15 is 0 Å². The molecule has 0 saturated heterocycles. The summed E-state index contributed by atoms with van der Waals surface area (Å²) in [6.07, 6.45) is -0.585. The van der Waals surface area contributed by atoms with Gasteiger partial charge in [0.05, 0.1) is 6.61 Å². The SMILES string of the molecule is CC/C(=C(/c1ccc(OCCNCCCCCCCCCS(=O)CCCC(F)(F)C(F)(F)F)cc1)c1ccc(OP(=O)(O)O)cc1)c1ccccc1.CCOC(N)=O. The van der Waals surface area contributed by atoms with Crippen LogP contribution in [0.5, 0.6) is 11.5 Å². The van der Waals surface area contributed by atoms with Crippen LogP contribution in [0.1, 0.15) is 94.7 Å². The Kier molecular flexibility index (Phi) is 22.8. The lowest BCUT2D eigenvalue weighted by molar-refractivity contribution is -0.284. The number of phosphoric ester groups is 1. The van der Waals surface area contributed by atoms with E-state index in [4.69, 9.17) is 9.26 Å². The number of allylic oxidation sites excluding steroid dienone is 1. The number of nitrogens with one attached hydrogen (secondary N) is 1. The molecular formula is C41H56F5N2O8PS. The highest BCUT2D eigenvalue weighted by Crippen LogP contribution is 2.40. The monoisotopic (exact) mass is 862 g/mol. The number of hydrogen-bond acceptors (Lipinski definition) is 7. The summed E-state index contributed by atoms with van der Waals surface area (Å²) in [5, 5.41) is 3.39. The van der Waals surface area contributed by atoms with E-state index in [1.165, 1.54) is 0 Å². The first-order chi connectivity index (χ1) is 27.5. The minimum atomic E-state index is -5.56. The van der Waals surface area contributed by atoms with Gasteiger partial charge in [-0.25, -0.2) is 9.36 Å². The molecule has 58 heavy (non-hydrogen) atoms. The number of rotatable bonds is 25. The molecule has 0 fully saturated rings. The van der Waals surface area contributed by atoms with Crippen LogP contribution in [-0.2, 0) is 20.1 Å². The van der Waals surface area contributed by atoms with E-state index in [-0.39, 0.29) is 11.5 Å². The van der Waals surface area contributed by atoms with Crippen molar-refractivity contribution in [2.45, 2.75) is 90.2 Å². The molecule has 1 amide bonds. The molecule has 0 radical (unpaired) electrons. The van der Waals surface area contributed by atoms with Gasteiger partial charge in [-0.05, 0) is 91.3 Å². The number of halogens is 5. The van der Waals surface area contributed by atoms with Gasteiger partial charge in [0.2, 0.25) is 0 Å². The third-order valence-electron chi connectivity index (χ3n) is 8.63. The van der Waals surface area contributed by atoms with Crippen LogP contribution in [0.4, 0.5) is 26.7 Å². The fourth-order valence-electron chi connectivity index (χ4n) is 5.82. The van der Waals surface area contributed by atoms with Crippen molar-refractivity contribution in [2.75, 3.05) is 37.8 Å². The van der Waals surface area contributed by atoms with Crippen molar-refractivity contribution in [3.63, 3.8) is 0 Å². The minimum Gasteiger partial charge on any atom is -0.492 e. The standard InChI is InChI=1S/C38H49F5NO6PS.C3H7NO2/c1-2-35(30-14-9-8-10-15-30)36(32-18-22-34(23-19-32)50-51(45,46)47)31-16-20-33(21-17-31)49-27-26-44-25-11-6-4-3-5-7-12-28-52(48)29-13-24-37(39,40)38(41,42)43;1-2-6-3(4)5/h8-10,14-23,44H,2-7,11-13,24-29H2,1H3,(H2,45,46,47);2H2,1H3,(H2,4,5)/b36-35+;. The molecule has 3 rings (SSSR count). The van der Waals surface area contributed by atoms with Gasteiger partial charge in [0.1, 0.15) is 18.1 Å². The van der Waals surface area contributed by atoms with Crippen molar-refractivity contribution in [1.29, 1.82) is 0 Å².